The van der Waals surface area contributed by atoms with Crippen LogP contribution in [-0.4, -0.2) is 83.6 Å². The number of carbonyl (C=O) groups is 2. The Labute approximate surface area is 248 Å². The topological polar surface area (TPSA) is 105 Å². The molecule has 1 saturated carbocycles. The second-order valence-corrected chi connectivity index (χ2v) is 11.3. The van der Waals surface area contributed by atoms with Crippen LogP contribution in [0.3, 0.4) is 0 Å². The number of aliphatic hydroxyl groups excluding tert-OH is 1. The van der Waals surface area contributed by atoms with Gasteiger partial charge in [0.15, 0.2) is 0 Å². The van der Waals surface area contributed by atoms with Gasteiger partial charge in [-0.1, -0.05) is 37.1 Å². The standard InChI is InChI=1S/C29H33F7N4O4/c30-22-15-20(5-8-23(22)38-25(43)37-17-26(18-41)9-1-2-10-26)24(42)40-13-11-39(12-14-40)16-19-3-6-21(7-4-19)27(44,28(31,32)33)29(34,35)36/h3-8,15,41,44H,1-2,9-14,16-18H2,(H2,37,38,43). The quantitative estimate of drug-likeness (QED) is 0.314. The van der Waals surface area contributed by atoms with Crippen molar-refractivity contribution in [2.75, 3.05) is 44.6 Å². The number of anilines is 1. The van der Waals surface area contributed by atoms with Crippen molar-refractivity contribution in [2.24, 2.45) is 5.41 Å². The molecule has 0 spiro atoms. The highest BCUT2D eigenvalue weighted by Crippen LogP contribution is 2.50. The highest BCUT2D eigenvalue weighted by atomic mass is 19.4. The number of aliphatic hydroxyl groups is 2. The number of urea groups is 1. The Morgan fingerprint density at radius 1 is 0.886 bits per heavy atom. The molecule has 1 saturated heterocycles. The van der Waals surface area contributed by atoms with Crippen LogP contribution in [0.15, 0.2) is 42.5 Å². The van der Waals surface area contributed by atoms with E-state index in [0.29, 0.717) is 30.8 Å². The molecule has 2 aliphatic rings. The molecule has 0 aromatic heterocycles. The predicted octanol–water partition coefficient (Wildman–Crippen LogP) is 4.77. The van der Waals surface area contributed by atoms with Crippen molar-refractivity contribution in [3.63, 3.8) is 0 Å². The summed E-state index contributed by atoms with van der Waals surface area (Å²) in [7, 11) is 0. The highest BCUT2D eigenvalue weighted by Gasteiger charge is 2.71. The number of nitrogens with zero attached hydrogens (tertiary/aromatic N) is 2. The van der Waals surface area contributed by atoms with Crippen molar-refractivity contribution in [3.05, 3.63) is 65.0 Å². The van der Waals surface area contributed by atoms with Crippen molar-refractivity contribution in [1.29, 1.82) is 0 Å². The molecule has 2 fully saturated rings. The highest BCUT2D eigenvalue weighted by molar-refractivity contribution is 5.95. The van der Waals surface area contributed by atoms with E-state index in [4.69, 9.17) is 0 Å². The van der Waals surface area contributed by atoms with E-state index >= 15 is 0 Å². The maximum Gasteiger partial charge on any atom is 0.430 e. The Bertz CT molecular complexity index is 1310. The lowest BCUT2D eigenvalue weighted by molar-refractivity contribution is -0.376. The van der Waals surface area contributed by atoms with Gasteiger partial charge in [0, 0.05) is 55.8 Å². The van der Waals surface area contributed by atoms with Crippen molar-refractivity contribution >= 4 is 17.6 Å². The van der Waals surface area contributed by atoms with E-state index in [1.165, 1.54) is 17.0 Å². The van der Waals surface area contributed by atoms with Crippen molar-refractivity contribution < 1.29 is 50.5 Å². The van der Waals surface area contributed by atoms with Gasteiger partial charge in [0.25, 0.3) is 11.5 Å². The molecular formula is C29H33F7N4O4. The molecule has 1 aliphatic carbocycles. The summed E-state index contributed by atoms with van der Waals surface area (Å²) in [5, 5.41) is 24.3. The third kappa shape index (κ3) is 7.10. The molecule has 3 amide bonds. The van der Waals surface area contributed by atoms with Gasteiger partial charge in [0.2, 0.25) is 0 Å². The fourth-order valence-corrected chi connectivity index (χ4v) is 5.59. The fraction of sp³-hybridized carbons (Fsp3) is 0.517. The number of amides is 3. The summed E-state index contributed by atoms with van der Waals surface area (Å²) in [6.07, 6.45) is -8.43. The van der Waals surface area contributed by atoms with Crippen LogP contribution >= 0.6 is 0 Å². The summed E-state index contributed by atoms with van der Waals surface area (Å²) >= 11 is 0. The molecule has 0 unspecified atom stereocenters. The summed E-state index contributed by atoms with van der Waals surface area (Å²) in [6, 6.07) is 6.37. The van der Waals surface area contributed by atoms with Crippen LogP contribution in [0.5, 0.6) is 0 Å². The van der Waals surface area contributed by atoms with E-state index in [9.17, 15) is 50.5 Å². The molecule has 8 nitrogen and oxygen atoms in total. The predicted molar refractivity (Wildman–Crippen MR) is 145 cm³/mol. The van der Waals surface area contributed by atoms with Gasteiger partial charge in [0.05, 0.1) is 12.3 Å². The number of alkyl halides is 6. The maximum absolute atomic E-state index is 14.8. The van der Waals surface area contributed by atoms with Gasteiger partial charge in [-0.25, -0.2) is 9.18 Å². The number of rotatable bonds is 8. The average Bonchev–Trinajstić information content (AvgIpc) is 3.45. The molecule has 44 heavy (non-hydrogen) atoms. The Kier molecular flexibility index (Phi) is 9.81. The normalized spacial score (nSPS) is 17.9. The lowest BCUT2D eigenvalue weighted by Crippen LogP contribution is -2.53. The second kappa shape index (κ2) is 12.9. The molecule has 242 valence electrons. The van der Waals surface area contributed by atoms with E-state index in [-0.39, 0.29) is 49.5 Å². The van der Waals surface area contributed by atoms with Gasteiger partial charge in [-0.3, -0.25) is 9.69 Å². The SMILES string of the molecule is O=C(NCC1(CO)CCCC1)Nc1ccc(C(=O)N2CCN(Cc3ccc(C(O)(C(F)(F)F)C(F)(F)F)cc3)CC2)cc1F. The number of hydrogen-bond donors (Lipinski definition) is 4. The first-order valence-electron chi connectivity index (χ1n) is 14.0. The van der Waals surface area contributed by atoms with Crippen LogP contribution in [0.2, 0.25) is 0 Å². The molecule has 2 aromatic rings. The summed E-state index contributed by atoms with van der Waals surface area (Å²) < 4.78 is 93.5. The van der Waals surface area contributed by atoms with Crippen LogP contribution in [0.4, 0.5) is 41.2 Å². The van der Waals surface area contributed by atoms with Crippen LogP contribution < -0.4 is 10.6 Å². The summed E-state index contributed by atoms with van der Waals surface area (Å²) in [5.74, 6) is -1.26. The Morgan fingerprint density at radius 3 is 2.00 bits per heavy atom. The first kappa shape index (κ1) is 33.5. The van der Waals surface area contributed by atoms with Crippen LogP contribution in [0.25, 0.3) is 0 Å². The largest absolute Gasteiger partial charge is 0.430 e. The van der Waals surface area contributed by atoms with Crippen molar-refractivity contribution in [2.45, 2.75) is 50.2 Å². The van der Waals surface area contributed by atoms with Crippen LogP contribution in [0, 0.1) is 11.2 Å². The molecule has 1 aliphatic heterocycles. The Hall–Kier alpha value is -3.43. The average molecular weight is 635 g/mol. The van der Waals surface area contributed by atoms with E-state index in [0.717, 1.165) is 43.9 Å². The smallest absolute Gasteiger partial charge is 0.396 e. The molecule has 2 aromatic carbocycles. The first-order chi connectivity index (χ1) is 20.6. The maximum atomic E-state index is 14.8. The molecular weight excluding hydrogens is 601 g/mol. The van der Waals surface area contributed by atoms with Crippen molar-refractivity contribution in [1.82, 2.24) is 15.1 Å². The minimum absolute atomic E-state index is 0.0538. The lowest BCUT2D eigenvalue weighted by Gasteiger charge is -2.35. The number of nitrogens with one attached hydrogen (secondary N) is 2. The molecule has 0 radical (unpaired) electrons. The van der Waals surface area contributed by atoms with E-state index in [1.807, 2.05) is 4.90 Å². The van der Waals surface area contributed by atoms with Crippen LogP contribution in [-0.2, 0) is 12.1 Å². The van der Waals surface area contributed by atoms with Gasteiger partial charge in [0.1, 0.15) is 5.82 Å². The number of halogens is 7. The van der Waals surface area contributed by atoms with Gasteiger partial charge in [-0.05, 0) is 36.6 Å². The molecule has 0 bridgehead atoms. The summed E-state index contributed by atoms with van der Waals surface area (Å²) in [4.78, 5) is 28.6. The van der Waals surface area contributed by atoms with Gasteiger partial charge >= 0.3 is 18.4 Å². The first-order valence-corrected chi connectivity index (χ1v) is 14.0. The Morgan fingerprint density at radius 2 is 1.48 bits per heavy atom. The fourth-order valence-electron chi connectivity index (χ4n) is 5.59. The lowest BCUT2D eigenvalue weighted by atomic mass is 9.87. The third-order valence-electron chi connectivity index (χ3n) is 8.35. The van der Waals surface area contributed by atoms with Crippen LogP contribution in [0.1, 0.15) is 47.2 Å². The zero-order valence-corrected chi connectivity index (χ0v) is 23.6. The number of piperazine rings is 1. The molecule has 1 heterocycles. The van der Waals surface area contributed by atoms with E-state index < -0.39 is 41.3 Å². The Balaban J connectivity index is 1.29. The summed E-state index contributed by atoms with van der Waals surface area (Å²) in [5.41, 5.74) is -6.37. The molecule has 15 heteroatoms. The molecule has 4 rings (SSSR count). The van der Waals surface area contributed by atoms with Gasteiger partial charge in [-0.15, -0.1) is 0 Å². The number of carbonyl (C=O) groups excluding carboxylic acids is 2. The molecule has 4 N–H and O–H groups in total. The zero-order valence-electron chi connectivity index (χ0n) is 23.6. The van der Waals surface area contributed by atoms with Gasteiger partial charge in [-0.2, -0.15) is 26.3 Å². The van der Waals surface area contributed by atoms with E-state index in [2.05, 4.69) is 10.6 Å². The molecule has 0 atom stereocenters. The minimum atomic E-state index is -5.97. The number of hydrogen-bond acceptors (Lipinski definition) is 5. The number of benzene rings is 2. The van der Waals surface area contributed by atoms with E-state index in [1.54, 1.807) is 0 Å². The third-order valence-corrected chi connectivity index (χ3v) is 8.35. The summed E-state index contributed by atoms with van der Waals surface area (Å²) in [6.45, 7) is 1.51. The zero-order chi connectivity index (χ0) is 32.3. The van der Waals surface area contributed by atoms with Gasteiger partial charge < -0.3 is 25.7 Å². The second-order valence-electron chi connectivity index (χ2n) is 11.3. The van der Waals surface area contributed by atoms with Crippen molar-refractivity contribution in [3.8, 4) is 0 Å². The minimum Gasteiger partial charge on any atom is -0.396 e. The monoisotopic (exact) mass is 634 g/mol.